The molecule has 2 aromatic rings. The lowest BCUT2D eigenvalue weighted by Crippen LogP contribution is -2.02. The molecule has 0 amide bonds. The molecule has 0 unspecified atom stereocenters. The molecule has 106 valence electrons. The molecular weight excluding hydrogens is 248 g/mol. The molecule has 0 aliphatic carbocycles. The summed E-state index contributed by atoms with van der Waals surface area (Å²) in [4.78, 5) is 0. The van der Waals surface area contributed by atoms with E-state index < -0.39 is 6.10 Å². The van der Waals surface area contributed by atoms with E-state index in [0.29, 0.717) is 6.61 Å². The summed E-state index contributed by atoms with van der Waals surface area (Å²) in [6.45, 7) is 8.47. The van der Waals surface area contributed by atoms with Crippen LogP contribution in [0.2, 0.25) is 0 Å². The van der Waals surface area contributed by atoms with Gasteiger partial charge in [-0.1, -0.05) is 41.0 Å². The van der Waals surface area contributed by atoms with Crippen LogP contribution in [0.1, 0.15) is 40.8 Å². The van der Waals surface area contributed by atoms with Crippen molar-refractivity contribution in [1.29, 1.82) is 0 Å². The van der Waals surface area contributed by atoms with Gasteiger partial charge in [-0.25, -0.2) is 0 Å². The molecule has 0 heterocycles. The first kappa shape index (κ1) is 14.6. The van der Waals surface area contributed by atoms with E-state index in [9.17, 15) is 5.11 Å². The molecule has 0 spiro atoms. The third-order valence-corrected chi connectivity index (χ3v) is 3.29. The fourth-order valence-electron chi connectivity index (χ4n) is 2.44. The average molecular weight is 270 g/mol. The van der Waals surface area contributed by atoms with E-state index in [1.807, 2.05) is 25.1 Å². The van der Waals surface area contributed by atoms with Gasteiger partial charge in [-0.15, -0.1) is 0 Å². The SMILES string of the molecule is Cc1cc(C)cc(COc2ccc(C)cc2[C@@H](C)O)c1. The first-order valence-corrected chi connectivity index (χ1v) is 6.94. The summed E-state index contributed by atoms with van der Waals surface area (Å²) in [5, 5.41) is 9.83. The van der Waals surface area contributed by atoms with Crippen LogP contribution in [-0.2, 0) is 6.61 Å². The van der Waals surface area contributed by atoms with E-state index in [1.165, 1.54) is 11.1 Å². The molecule has 2 aromatic carbocycles. The second kappa shape index (κ2) is 6.10. The largest absolute Gasteiger partial charge is 0.489 e. The predicted molar refractivity (Wildman–Crippen MR) is 82.1 cm³/mol. The van der Waals surface area contributed by atoms with E-state index in [4.69, 9.17) is 4.74 Å². The fraction of sp³-hybridized carbons (Fsp3) is 0.333. The molecule has 0 aromatic heterocycles. The van der Waals surface area contributed by atoms with Crippen molar-refractivity contribution >= 4 is 0 Å². The number of aliphatic hydroxyl groups is 1. The van der Waals surface area contributed by atoms with E-state index in [1.54, 1.807) is 6.92 Å². The van der Waals surface area contributed by atoms with Gasteiger partial charge in [0.25, 0.3) is 0 Å². The second-order valence-corrected chi connectivity index (χ2v) is 5.50. The number of hydrogen-bond acceptors (Lipinski definition) is 2. The molecule has 0 saturated heterocycles. The maximum absolute atomic E-state index is 9.83. The van der Waals surface area contributed by atoms with Crippen molar-refractivity contribution in [3.63, 3.8) is 0 Å². The maximum Gasteiger partial charge on any atom is 0.125 e. The van der Waals surface area contributed by atoms with E-state index >= 15 is 0 Å². The number of aliphatic hydroxyl groups excluding tert-OH is 1. The van der Waals surface area contributed by atoms with Crippen molar-refractivity contribution in [3.8, 4) is 5.75 Å². The first-order chi connectivity index (χ1) is 9.45. The van der Waals surface area contributed by atoms with Crippen molar-refractivity contribution in [2.45, 2.75) is 40.4 Å². The van der Waals surface area contributed by atoms with Crippen molar-refractivity contribution in [2.75, 3.05) is 0 Å². The molecule has 0 bridgehead atoms. The smallest absolute Gasteiger partial charge is 0.125 e. The number of ether oxygens (including phenoxy) is 1. The van der Waals surface area contributed by atoms with Gasteiger partial charge in [0, 0.05) is 5.56 Å². The molecule has 0 saturated carbocycles. The van der Waals surface area contributed by atoms with E-state index in [0.717, 1.165) is 22.4 Å². The topological polar surface area (TPSA) is 29.5 Å². The minimum absolute atomic E-state index is 0.519. The normalized spacial score (nSPS) is 12.2. The van der Waals surface area contributed by atoms with Crippen LogP contribution in [0, 0.1) is 20.8 Å². The summed E-state index contributed by atoms with van der Waals surface area (Å²) < 4.78 is 5.89. The van der Waals surface area contributed by atoms with Crippen molar-refractivity contribution < 1.29 is 9.84 Å². The van der Waals surface area contributed by atoms with Crippen molar-refractivity contribution in [3.05, 3.63) is 64.2 Å². The Balaban J connectivity index is 2.18. The Morgan fingerprint density at radius 1 is 0.950 bits per heavy atom. The fourth-order valence-corrected chi connectivity index (χ4v) is 2.44. The minimum atomic E-state index is -0.524. The Morgan fingerprint density at radius 3 is 2.20 bits per heavy atom. The highest BCUT2D eigenvalue weighted by Gasteiger charge is 2.09. The second-order valence-electron chi connectivity index (χ2n) is 5.50. The van der Waals surface area contributed by atoms with Crippen LogP contribution >= 0.6 is 0 Å². The summed E-state index contributed by atoms with van der Waals surface area (Å²) in [6.07, 6.45) is -0.524. The molecule has 2 rings (SSSR count). The van der Waals surface area contributed by atoms with Gasteiger partial charge in [0.2, 0.25) is 0 Å². The molecule has 0 radical (unpaired) electrons. The highest BCUT2D eigenvalue weighted by molar-refractivity contribution is 5.38. The van der Waals surface area contributed by atoms with Crippen LogP contribution in [0.25, 0.3) is 0 Å². The molecule has 2 nitrogen and oxygen atoms in total. The number of benzene rings is 2. The standard InChI is InChI=1S/C18H22O2/c1-12-5-6-18(17(10-12)15(4)19)20-11-16-8-13(2)7-14(3)9-16/h5-10,15,19H,11H2,1-4H3/t15-/m1/s1. The molecule has 0 fully saturated rings. The number of hydrogen-bond donors (Lipinski definition) is 1. The lowest BCUT2D eigenvalue weighted by Gasteiger charge is -2.15. The zero-order valence-corrected chi connectivity index (χ0v) is 12.6. The van der Waals surface area contributed by atoms with Crippen LogP contribution < -0.4 is 4.74 Å². The summed E-state index contributed by atoms with van der Waals surface area (Å²) in [5.41, 5.74) is 5.60. The Kier molecular flexibility index (Phi) is 4.46. The maximum atomic E-state index is 9.83. The molecule has 1 atom stereocenters. The van der Waals surface area contributed by atoms with Gasteiger partial charge in [0.15, 0.2) is 0 Å². The first-order valence-electron chi connectivity index (χ1n) is 6.94. The Hall–Kier alpha value is -1.80. The van der Waals surface area contributed by atoms with Crippen LogP contribution in [-0.4, -0.2) is 5.11 Å². The Labute approximate surface area is 121 Å². The number of rotatable bonds is 4. The van der Waals surface area contributed by atoms with Crippen LogP contribution in [0.3, 0.4) is 0 Å². The molecular formula is C18H22O2. The quantitative estimate of drug-likeness (QED) is 0.900. The van der Waals surface area contributed by atoms with Gasteiger partial charge < -0.3 is 9.84 Å². The molecule has 0 aliphatic heterocycles. The highest BCUT2D eigenvalue weighted by Crippen LogP contribution is 2.27. The third-order valence-electron chi connectivity index (χ3n) is 3.29. The van der Waals surface area contributed by atoms with Gasteiger partial charge in [-0.2, -0.15) is 0 Å². The van der Waals surface area contributed by atoms with Crippen molar-refractivity contribution in [1.82, 2.24) is 0 Å². The molecule has 1 N–H and O–H groups in total. The van der Waals surface area contributed by atoms with Crippen LogP contribution in [0.5, 0.6) is 5.75 Å². The lowest BCUT2D eigenvalue weighted by molar-refractivity contribution is 0.190. The van der Waals surface area contributed by atoms with Crippen LogP contribution in [0.4, 0.5) is 0 Å². The van der Waals surface area contributed by atoms with Crippen LogP contribution in [0.15, 0.2) is 36.4 Å². The minimum Gasteiger partial charge on any atom is -0.489 e. The molecule has 0 aliphatic rings. The number of aryl methyl sites for hydroxylation is 3. The lowest BCUT2D eigenvalue weighted by atomic mass is 10.1. The third kappa shape index (κ3) is 3.61. The van der Waals surface area contributed by atoms with Gasteiger partial charge in [-0.05, 0) is 45.4 Å². The summed E-state index contributed by atoms with van der Waals surface area (Å²) in [6, 6.07) is 12.3. The Bertz CT molecular complexity index is 580. The zero-order valence-electron chi connectivity index (χ0n) is 12.6. The zero-order chi connectivity index (χ0) is 14.7. The van der Waals surface area contributed by atoms with Crippen molar-refractivity contribution in [2.24, 2.45) is 0 Å². The van der Waals surface area contributed by atoms with Gasteiger partial charge >= 0.3 is 0 Å². The highest BCUT2D eigenvalue weighted by atomic mass is 16.5. The van der Waals surface area contributed by atoms with Gasteiger partial charge in [0.05, 0.1) is 6.10 Å². The van der Waals surface area contributed by atoms with E-state index in [2.05, 4.69) is 32.0 Å². The Morgan fingerprint density at radius 2 is 1.60 bits per heavy atom. The van der Waals surface area contributed by atoms with Gasteiger partial charge in [-0.3, -0.25) is 0 Å². The summed E-state index contributed by atoms with van der Waals surface area (Å²) in [7, 11) is 0. The summed E-state index contributed by atoms with van der Waals surface area (Å²) >= 11 is 0. The van der Waals surface area contributed by atoms with E-state index in [-0.39, 0.29) is 0 Å². The average Bonchev–Trinajstić information content (AvgIpc) is 2.36. The molecule has 2 heteroatoms. The molecule has 20 heavy (non-hydrogen) atoms. The summed E-state index contributed by atoms with van der Waals surface area (Å²) in [5.74, 6) is 0.754. The monoisotopic (exact) mass is 270 g/mol. The van der Waals surface area contributed by atoms with Gasteiger partial charge in [0.1, 0.15) is 12.4 Å². The predicted octanol–water partition coefficient (Wildman–Crippen LogP) is 4.24.